The van der Waals surface area contributed by atoms with Crippen molar-refractivity contribution >= 4 is 11.9 Å². The molecule has 0 amide bonds. The maximum absolute atomic E-state index is 12.0. The van der Waals surface area contributed by atoms with Crippen molar-refractivity contribution < 1.29 is 29.3 Å². The summed E-state index contributed by atoms with van der Waals surface area (Å²) in [6, 6.07) is 0. The summed E-state index contributed by atoms with van der Waals surface area (Å²) in [5.74, 6) is 0.147. The highest BCUT2D eigenvalue weighted by Crippen LogP contribution is 2.15. The van der Waals surface area contributed by atoms with Gasteiger partial charge in [0.2, 0.25) is 0 Å². The van der Waals surface area contributed by atoms with Gasteiger partial charge in [0, 0.05) is 12.8 Å². The fourth-order valence-electron chi connectivity index (χ4n) is 5.20. The molecule has 0 aromatic heterocycles. The second-order valence-electron chi connectivity index (χ2n) is 13.7. The molecule has 0 aliphatic carbocycles. The van der Waals surface area contributed by atoms with Crippen LogP contribution >= 0.6 is 0 Å². The number of hydrogen-bond acceptors (Lipinski definition) is 6. The van der Waals surface area contributed by atoms with Crippen LogP contribution in [-0.4, -0.2) is 47.6 Å². The highest BCUT2D eigenvalue weighted by molar-refractivity contribution is 5.70. The minimum atomic E-state index is -1.01. The standard InChI is InChI=1S/C44H74O6/c1-4-5-6-7-24-29-34-41(45)35-30-25-20-16-13-14-18-22-27-32-37-44(48)50-39-42(46)38-49-43(47)36-31-26-21-17-12-10-8-9-11-15-19-23-28-33-40(2)3/h5-6,13-14,20,22,24-25,27,29-30,35,40-42,45-46H,4,7-12,15-19,21,23,26,28,31-34,36-39H2,1-3H3/b6-5-,14-13-,25-20-,27-22-,29-24-,35-30+/t41?,42-/m0/s1. The van der Waals surface area contributed by atoms with Crippen molar-refractivity contribution in [2.24, 2.45) is 5.92 Å². The van der Waals surface area contributed by atoms with Gasteiger partial charge in [-0.25, -0.2) is 0 Å². The highest BCUT2D eigenvalue weighted by atomic mass is 16.6. The predicted octanol–water partition coefficient (Wildman–Crippen LogP) is 11.4. The third kappa shape index (κ3) is 38.1. The van der Waals surface area contributed by atoms with E-state index in [9.17, 15) is 19.8 Å². The summed E-state index contributed by atoms with van der Waals surface area (Å²) in [5.41, 5.74) is 0. The number of carbonyl (C=O) groups excluding carboxylic acids is 2. The minimum Gasteiger partial charge on any atom is -0.463 e. The summed E-state index contributed by atoms with van der Waals surface area (Å²) < 4.78 is 10.3. The lowest BCUT2D eigenvalue weighted by Gasteiger charge is -2.12. The lowest BCUT2D eigenvalue weighted by atomic mass is 10.0. The molecule has 0 rings (SSSR count). The van der Waals surface area contributed by atoms with Crippen LogP contribution in [0.15, 0.2) is 72.9 Å². The van der Waals surface area contributed by atoms with Crippen LogP contribution in [0.2, 0.25) is 0 Å². The number of hydrogen-bond donors (Lipinski definition) is 2. The van der Waals surface area contributed by atoms with Crippen molar-refractivity contribution in [3.63, 3.8) is 0 Å². The number of ether oxygens (including phenoxy) is 2. The maximum Gasteiger partial charge on any atom is 0.306 e. The van der Waals surface area contributed by atoms with Gasteiger partial charge in [0.15, 0.2) is 0 Å². The molecule has 0 saturated heterocycles. The Hall–Kier alpha value is -2.70. The molecule has 2 atom stereocenters. The molecule has 0 aromatic carbocycles. The van der Waals surface area contributed by atoms with Gasteiger partial charge < -0.3 is 19.7 Å². The van der Waals surface area contributed by atoms with Crippen LogP contribution in [0.1, 0.15) is 162 Å². The normalized spacial score (nSPS) is 13.7. The number of rotatable bonds is 34. The van der Waals surface area contributed by atoms with Crippen LogP contribution < -0.4 is 0 Å². The molecule has 6 nitrogen and oxygen atoms in total. The molecule has 50 heavy (non-hydrogen) atoms. The molecular weight excluding hydrogens is 624 g/mol. The van der Waals surface area contributed by atoms with Crippen molar-refractivity contribution in [3.8, 4) is 0 Å². The molecule has 0 saturated carbocycles. The topological polar surface area (TPSA) is 93.1 Å². The Morgan fingerprint density at radius 1 is 0.560 bits per heavy atom. The Bertz CT molecular complexity index is 958. The van der Waals surface area contributed by atoms with Gasteiger partial charge in [-0.3, -0.25) is 9.59 Å². The smallest absolute Gasteiger partial charge is 0.306 e. The van der Waals surface area contributed by atoms with E-state index < -0.39 is 12.2 Å². The number of allylic oxidation sites excluding steroid dienone is 10. The lowest BCUT2D eigenvalue weighted by molar-refractivity contribution is -0.152. The Kier molecular flexibility index (Phi) is 35.5. The van der Waals surface area contributed by atoms with Crippen LogP contribution in [-0.2, 0) is 19.1 Å². The zero-order valence-corrected chi connectivity index (χ0v) is 32.2. The van der Waals surface area contributed by atoms with E-state index in [-0.39, 0.29) is 31.6 Å². The average Bonchev–Trinajstić information content (AvgIpc) is 3.09. The molecule has 0 heterocycles. The largest absolute Gasteiger partial charge is 0.463 e. The van der Waals surface area contributed by atoms with Crippen LogP contribution in [0.5, 0.6) is 0 Å². The minimum absolute atomic E-state index is 0.154. The maximum atomic E-state index is 12.0. The molecule has 0 radical (unpaired) electrons. The number of aliphatic hydroxyl groups excluding tert-OH is 2. The van der Waals surface area contributed by atoms with Crippen molar-refractivity contribution in [2.45, 2.75) is 174 Å². The summed E-state index contributed by atoms with van der Waals surface area (Å²) in [7, 11) is 0. The molecule has 1 unspecified atom stereocenters. The fraction of sp³-hybridized carbons (Fsp3) is 0.682. The van der Waals surface area contributed by atoms with Crippen molar-refractivity contribution in [1.82, 2.24) is 0 Å². The summed E-state index contributed by atoms with van der Waals surface area (Å²) in [5, 5.41) is 19.9. The summed E-state index contributed by atoms with van der Waals surface area (Å²) in [6.07, 6.45) is 45.7. The number of esters is 2. The molecule has 6 heteroatoms. The molecule has 0 spiro atoms. The van der Waals surface area contributed by atoms with E-state index in [0.717, 1.165) is 50.9 Å². The Labute approximate surface area is 306 Å². The number of aliphatic hydroxyl groups is 2. The van der Waals surface area contributed by atoms with Crippen LogP contribution in [0.3, 0.4) is 0 Å². The Morgan fingerprint density at radius 2 is 1.04 bits per heavy atom. The number of carbonyl (C=O) groups is 2. The van der Waals surface area contributed by atoms with Crippen molar-refractivity contribution in [1.29, 1.82) is 0 Å². The van der Waals surface area contributed by atoms with Crippen molar-refractivity contribution in [2.75, 3.05) is 13.2 Å². The summed E-state index contributed by atoms with van der Waals surface area (Å²) in [4.78, 5) is 23.9. The number of unbranched alkanes of at least 4 members (excludes halogenated alkanes) is 12. The van der Waals surface area contributed by atoms with E-state index in [1.807, 2.05) is 36.5 Å². The second-order valence-corrected chi connectivity index (χ2v) is 13.7. The van der Waals surface area contributed by atoms with Crippen molar-refractivity contribution in [3.05, 3.63) is 72.9 Å². The third-order valence-electron chi connectivity index (χ3n) is 8.23. The first-order valence-corrected chi connectivity index (χ1v) is 20.0. The first-order chi connectivity index (χ1) is 24.3. The van der Waals surface area contributed by atoms with E-state index in [4.69, 9.17) is 9.47 Å². The fourth-order valence-corrected chi connectivity index (χ4v) is 5.20. The van der Waals surface area contributed by atoms with E-state index in [2.05, 4.69) is 51.2 Å². The van der Waals surface area contributed by atoms with Gasteiger partial charge >= 0.3 is 11.9 Å². The zero-order chi connectivity index (χ0) is 36.8. The second kappa shape index (κ2) is 37.6. The van der Waals surface area contributed by atoms with Gasteiger partial charge in [0.1, 0.15) is 19.3 Å². The Morgan fingerprint density at radius 3 is 1.62 bits per heavy atom. The molecule has 0 bridgehead atoms. The molecule has 0 aromatic rings. The van der Waals surface area contributed by atoms with Gasteiger partial charge in [-0.2, -0.15) is 0 Å². The van der Waals surface area contributed by atoms with E-state index in [1.54, 1.807) is 6.08 Å². The first kappa shape index (κ1) is 47.3. The molecule has 0 aliphatic heterocycles. The first-order valence-electron chi connectivity index (χ1n) is 20.0. The third-order valence-corrected chi connectivity index (χ3v) is 8.23. The molecular formula is C44H74O6. The lowest BCUT2D eigenvalue weighted by Crippen LogP contribution is -2.25. The SMILES string of the molecule is CC/C=C\C/C=C\CC(O)/C=C/C=C\C/C=C\C/C=C\CCC(=O)OC[C@@H](O)COC(=O)CCCCCCCCCCCCCCCC(C)C. The summed E-state index contributed by atoms with van der Waals surface area (Å²) >= 11 is 0. The van der Waals surface area contributed by atoms with Gasteiger partial charge in [0.25, 0.3) is 0 Å². The van der Waals surface area contributed by atoms with Crippen LogP contribution in [0.4, 0.5) is 0 Å². The predicted molar refractivity (Wildman–Crippen MR) is 211 cm³/mol. The van der Waals surface area contributed by atoms with E-state index >= 15 is 0 Å². The molecule has 0 aliphatic rings. The molecule has 286 valence electrons. The van der Waals surface area contributed by atoms with Gasteiger partial charge in [-0.15, -0.1) is 0 Å². The zero-order valence-electron chi connectivity index (χ0n) is 32.2. The average molecular weight is 699 g/mol. The monoisotopic (exact) mass is 699 g/mol. The van der Waals surface area contributed by atoms with Gasteiger partial charge in [0.05, 0.1) is 6.10 Å². The van der Waals surface area contributed by atoms with Crippen LogP contribution in [0, 0.1) is 5.92 Å². The molecule has 2 N–H and O–H groups in total. The quantitative estimate of drug-likeness (QED) is 0.0301. The highest BCUT2D eigenvalue weighted by Gasteiger charge is 2.11. The summed E-state index contributed by atoms with van der Waals surface area (Å²) in [6.45, 7) is 6.39. The Balaban J connectivity index is 3.64. The molecule has 0 fully saturated rings. The van der Waals surface area contributed by atoms with Crippen LogP contribution in [0.25, 0.3) is 0 Å². The van der Waals surface area contributed by atoms with E-state index in [0.29, 0.717) is 19.3 Å². The van der Waals surface area contributed by atoms with E-state index in [1.165, 1.54) is 70.6 Å². The van der Waals surface area contributed by atoms with Gasteiger partial charge in [-0.05, 0) is 50.9 Å². The van der Waals surface area contributed by atoms with Gasteiger partial charge in [-0.1, -0.05) is 177 Å².